The number of imide groups is 1. The van der Waals surface area contributed by atoms with E-state index in [1.807, 2.05) is 51.1 Å². The Hall–Kier alpha value is -7.97. The van der Waals surface area contributed by atoms with Crippen LogP contribution < -0.4 is 37.6 Å². The third kappa shape index (κ3) is 23.7. The minimum Gasteiger partial charge on any atom is -0.445 e. The number of aliphatic hydroxyl groups is 1. The lowest BCUT2D eigenvalue weighted by Gasteiger charge is -2.41. The number of carbonyl (C=O) groups is 11. The highest BCUT2D eigenvalue weighted by Gasteiger charge is 2.44. The standard InChI is InChI=1S/C69H107N11O15/c1-15-44(8)60(52(93-13)38-56(84)79-37-23-27-51(79)62(94-14)46(10)63(86)72-39-45(9)61(85)48-24-18-16-19-25-48)77(11)67(90)58(42(4)5)76-66(89)59(43(6)7)78(12)69(92)95-40-47-29-31-49(32-30-47)73-64(87)50(26-22-35-71-68(70)91)74-65(88)57(41(2)3)75-53(81)28-20-17-21-36-80-54(82)33-34-55(80)83/h16,18-19,24-25,29-34,41-46,50-52,57-62,85H,15,17,20-23,26-28,35-40H2,1-14H3,(H,72,86)(H,73,87)(H,74,88)(H,75,81)(H,76,89)(H3,70,71,91)/t44-,45-,46+,50-,51-,52+,57-,58-,59?,60-,61+,62+/m0/s1. The van der Waals surface area contributed by atoms with Crippen LogP contribution in [0.2, 0.25) is 0 Å². The van der Waals surface area contributed by atoms with Crippen LogP contribution in [0.4, 0.5) is 15.3 Å². The van der Waals surface area contributed by atoms with Gasteiger partial charge in [0.05, 0.1) is 42.7 Å². The predicted octanol–water partition coefficient (Wildman–Crippen LogP) is 5.32. The van der Waals surface area contributed by atoms with Crippen LogP contribution in [0, 0.1) is 35.5 Å². The van der Waals surface area contributed by atoms with Gasteiger partial charge in [-0.1, -0.05) is 125 Å². The average Bonchev–Trinajstić information content (AvgIpc) is 1.77. The molecule has 1 fully saturated rings. The summed E-state index contributed by atoms with van der Waals surface area (Å²) in [5.74, 6) is -6.16. The number of aliphatic hydroxyl groups excluding tert-OH is 1. The molecule has 26 heteroatoms. The third-order valence-electron chi connectivity index (χ3n) is 18.0. The molecular weight excluding hydrogens is 1220 g/mol. The fourth-order valence-corrected chi connectivity index (χ4v) is 12.2. The first-order valence-corrected chi connectivity index (χ1v) is 33.4. The van der Waals surface area contributed by atoms with E-state index in [2.05, 4.69) is 31.9 Å². The molecule has 528 valence electrons. The fraction of sp³-hybridized carbons (Fsp3) is 0.638. The van der Waals surface area contributed by atoms with Crippen LogP contribution in [0.5, 0.6) is 0 Å². The zero-order valence-electron chi connectivity index (χ0n) is 58.1. The number of anilines is 1. The number of benzene rings is 2. The maximum absolute atomic E-state index is 14.8. The molecule has 0 saturated carbocycles. The molecule has 12 atom stereocenters. The number of carbonyl (C=O) groups excluding carboxylic acids is 11. The van der Waals surface area contributed by atoms with E-state index in [0.29, 0.717) is 56.3 Å². The SMILES string of the molecule is CC[C@H](C)[C@@H]([C@@H](CC(=O)N1CCC[C@H]1[C@H](OC)[C@@H](C)C(=O)NC[C@H](C)[C@@H](O)c1ccccc1)OC)N(C)C(=O)[C@@H](NC(=O)C(C(C)C)N(C)C(=O)OCc1ccc(NC(=O)[C@H](CCCNC(N)=O)NC(=O)[C@@H](NC(=O)CCCCCN2C(=O)C=CC2=O)C(C)C)cc1)C(C)C. The largest absolute Gasteiger partial charge is 0.445 e. The second kappa shape index (κ2) is 39.2. The van der Waals surface area contributed by atoms with Crippen molar-refractivity contribution in [2.45, 2.75) is 195 Å². The number of nitrogens with two attached hydrogens (primary N) is 1. The smallest absolute Gasteiger partial charge is 0.410 e. The molecule has 2 aromatic carbocycles. The summed E-state index contributed by atoms with van der Waals surface area (Å²) in [5, 5.41) is 27.6. The molecule has 12 amide bonds. The van der Waals surface area contributed by atoms with E-state index in [0.717, 1.165) is 10.5 Å². The fourth-order valence-electron chi connectivity index (χ4n) is 12.2. The van der Waals surface area contributed by atoms with Gasteiger partial charge < -0.3 is 66.8 Å². The van der Waals surface area contributed by atoms with Crippen molar-refractivity contribution in [1.82, 2.24) is 46.2 Å². The van der Waals surface area contributed by atoms with Gasteiger partial charge in [0.15, 0.2) is 0 Å². The van der Waals surface area contributed by atoms with Crippen molar-refractivity contribution in [2.75, 3.05) is 59.8 Å². The Bertz CT molecular complexity index is 2890. The number of hydrogen-bond acceptors (Lipinski definition) is 15. The first-order valence-electron chi connectivity index (χ1n) is 33.4. The number of unbranched alkanes of at least 4 members (excludes halogenated alkanes) is 2. The van der Waals surface area contributed by atoms with Gasteiger partial charge in [-0.25, -0.2) is 9.59 Å². The van der Waals surface area contributed by atoms with E-state index in [1.54, 1.807) is 89.6 Å². The highest BCUT2D eigenvalue weighted by atomic mass is 16.6. The molecule has 0 bridgehead atoms. The molecule has 2 aliphatic heterocycles. The number of rotatable bonds is 39. The molecule has 1 unspecified atom stereocenters. The number of urea groups is 1. The topological polar surface area (TPSA) is 347 Å². The molecule has 0 aromatic heterocycles. The van der Waals surface area contributed by atoms with Gasteiger partial charge in [-0.2, -0.15) is 0 Å². The maximum atomic E-state index is 14.8. The number of methoxy groups -OCH3 is 2. The molecule has 9 N–H and O–H groups in total. The van der Waals surface area contributed by atoms with Crippen molar-refractivity contribution >= 4 is 71.0 Å². The lowest BCUT2D eigenvalue weighted by Crippen LogP contribution is -2.60. The van der Waals surface area contributed by atoms with Crippen LogP contribution >= 0.6 is 0 Å². The van der Waals surface area contributed by atoms with E-state index >= 15 is 0 Å². The monoisotopic (exact) mass is 1330 g/mol. The second-order valence-corrected chi connectivity index (χ2v) is 26.2. The zero-order chi connectivity index (χ0) is 70.8. The van der Waals surface area contributed by atoms with Crippen LogP contribution in [0.3, 0.4) is 0 Å². The minimum absolute atomic E-state index is 0.0839. The van der Waals surface area contributed by atoms with Gasteiger partial charge in [-0.05, 0) is 85.5 Å². The van der Waals surface area contributed by atoms with Gasteiger partial charge in [-0.15, -0.1) is 0 Å². The quantitative estimate of drug-likeness (QED) is 0.0310. The maximum Gasteiger partial charge on any atom is 0.410 e. The lowest BCUT2D eigenvalue weighted by molar-refractivity contribution is -0.148. The summed E-state index contributed by atoms with van der Waals surface area (Å²) in [5.41, 5.74) is 6.86. The van der Waals surface area contributed by atoms with Crippen molar-refractivity contribution in [2.24, 2.45) is 41.2 Å². The van der Waals surface area contributed by atoms with E-state index in [4.69, 9.17) is 19.9 Å². The van der Waals surface area contributed by atoms with E-state index < -0.39 is 108 Å². The zero-order valence-corrected chi connectivity index (χ0v) is 58.1. The van der Waals surface area contributed by atoms with Crippen molar-refractivity contribution in [3.8, 4) is 0 Å². The molecule has 0 spiro atoms. The minimum atomic E-state index is -1.11. The molecule has 95 heavy (non-hydrogen) atoms. The number of ether oxygens (including phenoxy) is 3. The summed E-state index contributed by atoms with van der Waals surface area (Å²) in [6.45, 7) is 19.0. The van der Waals surface area contributed by atoms with Crippen molar-refractivity contribution in [3.63, 3.8) is 0 Å². The van der Waals surface area contributed by atoms with Gasteiger partial charge >= 0.3 is 12.1 Å². The summed E-state index contributed by atoms with van der Waals surface area (Å²) in [6.07, 6.45) is 3.18. The summed E-state index contributed by atoms with van der Waals surface area (Å²) in [4.78, 5) is 152. The Morgan fingerprint density at radius 2 is 1.35 bits per heavy atom. The number of amides is 12. The number of likely N-dealkylation sites (N-methyl/N-ethyl adjacent to an activating group) is 2. The Kier molecular flexibility index (Phi) is 32.8. The van der Waals surface area contributed by atoms with Crippen LogP contribution in [0.25, 0.3) is 0 Å². The normalized spacial score (nSPS) is 17.3. The molecular formula is C69H107N11O15. The first-order chi connectivity index (χ1) is 45.0. The van der Waals surface area contributed by atoms with Crippen LogP contribution in [0.1, 0.15) is 151 Å². The van der Waals surface area contributed by atoms with E-state index in [-0.39, 0.29) is 99.2 Å². The molecule has 2 heterocycles. The molecule has 0 aliphatic carbocycles. The number of likely N-dealkylation sites (tertiary alicyclic amines) is 1. The number of primary amides is 1. The Labute approximate surface area is 560 Å². The molecule has 1 saturated heterocycles. The molecule has 2 aromatic rings. The van der Waals surface area contributed by atoms with Crippen molar-refractivity contribution in [3.05, 3.63) is 77.9 Å². The average molecular weight is 1330 g/mol. The Morgan fingerprint density at radius 3 is 1.93 bits per heavy atom. The molecule has 2 aliphatic rings. The van der Waals surface area contributed by atoms with E-state index in [9.17, 15) is 57.8 Å². The van der Waals surface area contributed by atoms with Gasteiger partial charge in [0.2, 0.25) is 41.4 Å². The lowest BCUT2D eigenvalue weighted by atomic mass is 9.89. The van der Waals surface area contributed by atoms with Gasteiger partial charge in [0.1, 0.15) is 30.8 Å². The number of nitrogens with one attached hydrogen (secondary N) is 6. The summed E-state index contributed by atoms with van der Waals surface area (Å²) < 4.78 is 17.8. The van der Waals surface area contributed by atoms with E-state index in [1.165, 1.54) is 38.3 Å². The molecule has 4 rings (SSSR count). The molecule has 26 nitrogen and oxygen atoms in total. The Morgan fingerprint density at radius 1 is 0.705 bits per heavy atom. The highest BCUT2D eigenvalue weighted by molar-refractivity contribution is 6.12. The van der Waals surface area contributed by atoms with Crippen LogP contribution in [0.15, 0.2) is 66.7 Å². The summed E-state index contributed by atoms with van der Waals surface area (Å²) >= 11 is 0. The van der Waals surface area contributed by atoms with Gasteiger partial charge in [0.25, 0.3) is 11.8 Å². The van der Waals surface area contributed by atoms with Gasteiger partial charge in [0, 0.05) is 84.7 Å². The number of hydrogen-bond donors (Lipinski definition) is 8. The first kappa shape index (κ1) is 79.5. The summed E-state index contributed by atoms with van der Waals surface area (Å²) in [7, 11) is 6.10. The van der Waals surface area contributed by atoms with Crippen LogP contribution in [-0.2, 0) is 64.0 Å². The number of nitrogens with zero attached hydrogens (tertiary/aromatic N) is 4. The second-order valence-electron chi connectivity index (χ2n) is 26.2. The van der Waals surface area contributed by atoms with Gasteiger partial charge in [-0.3, -0.25) is 53.0 Å². The van der Waals surface area contributed by atoms with Crippen molar-refractivity contribution in [1.29, 1.82) is 0 Å². The van der Waals surface area contributed by atoms with Crippen molar-refractivity contribution < 1.29 is 72.1 Å². The predicted molar refractivity (Wildman–Crippen MR) is 358 cm³/mol. The Balaban J connectivity index is 1.37. The molecule has 0 radical (unpaired) electrons. The summed E-state index contributed by atoms with van der Waals surface area (Å²) in [6, 6.07) is 9.58. The highest BCUT2D eigenvalue weighted by Crippen LogP contribution is 2.31. The third-order valence-corrected chi connectivity index (χ3v) is 18.0. The van der Waals surface area contributed by atoms with Crippen LogP contribution in [-0.4, -0.2) is 193 Å².